The van der Waals surface area contributed by atoms with E-state index < -0.39 is 35.7 Å². The van der Waals surface area contributed by atoms with Crippen molar-refractivity contribution in [1.29, 1.82) is 0 Å². The van der Waals surface area contributed by atoms with Gasteiger partial charge in [0.05, 0.1) is 6.61 Å². The van der Waals surface area contributed by atoms with Crippen molar-refractivity contribution in [2.24, 2.45) is 0 Å². The topological polar surface area (TPSA) is 144 Å². The van der Waals surface area contributed by atoms with E-state index in [1.807, 2.05) is 4.98 Å². The number of carbonyl (C=O) groups excluding carboxylic acids is 2. The Morgan fingerprint density at radius 3 is 2.48 bits per heavy atom. The van der Waals surface area contributed by atoms with Crippen LogP contribution in [-0.4, -0.2) is 39.5 Å². The van der Waals surface area contributed by atoms with Crippen molar-refractivity contribution in [2.75, 3.05) is 6.61 Å². The van der Waals surface area contributed by atoms with Gasteiger partial charge in [-0.1, -0.05) is 23.7 Å². The second kappa shape index (κ2) is 8.27. The van der Waals surface area contributed by atoms with Crippen molar-refractivity contribution in [3.05, 3.63) is 67.4 Å². The molecule has 0 saturated carbocycles. The van der Waals surface area contributed by atoms with E-state index in [-0.39, 0.29) is 12.1 Å². The normalized spacial score (nSPS) is 11.6. The van der Waals surface area contributed by atoms with E-state index in [1.165, 1.54) is 0 Å². The minimum Gasteiger partial charge on any atom is -0.394 e. The largest absolute Gasteiger partial charge is 0.394 e. The summed E-state index contributed by atoms with van der Waals surface area (Å²) < 4.78 is 0. The Morgan fingerprint density at radius 2 is 1.88 bits per heavy atom. The predicted molar refractivity (Wildman–Crippen MR) is 89.3 cm³/mol. The number of aliphatic hydroxyl groups is 1. The summed E-state index contributed by atoms with van der Waals surface area (Å²) >= 11 is 5.77. The number of rotatable bonds is 6. The molecule has 0 saturated heterocycles. The number of aromatic amines is 2. The number of H-pyrrole nitrogens is 2. The third kappa shape index (κ3) is 5.03. The third-order valence-corrected chi connectivity index (χ3v) is 3.50. The first kappa shape index (κ1) is 18.4. The number of halogens is 1. The van der Waals surface area contributed by atoms with E-state index in [9.17, 15) is 24.3 Å². The van der Waals surface area contributed by atoms with Crippen molar-refractivity contribution in [2.45, 2.75) is 12.6 Å². The van der Waals surface area contributed by atoms with Crippen LogP contribution < -0.4 is 21.9 Å². The third-order valence-electron chi connectivity index (χ3n) is 3.25. The molecular formula is C15H15ClN4O5. The van der Waals surface area contributed by atoms with Gasteiger partial charge < -0.3 is 20.7 Å². The molecule has 2 aromatic rings. The molecule has 132 valence electrons. The molecule has 1 aromatic carbocycles. The number of amides is 2. The SMILES string of the molecule is O=C(N[C@@H](CO)C(=O)NCc1ccc(Cl)cc1)c1c[nH]c(=O)[nH]c1=O. The minimum atomic E-state index is -1.26. The van der Waals surface area contributed by atoms with Crippen LogP contribution in [0, 0.1) is 0 Å². The highest BCUT2D eigenvalue weighted by molar-refractivity contribution is 6.30. The predicted octanol–water partition coefficient (Wildman–Crippen LogP) is -0.876. The monoisotopic (exact) mass is 366 g/mol. The van der Waals surface area contributed by atoms with Crippen LogP contribution in [0.25, 0.3) is 0 Å². The Morgan fingerprint density at radius 1 is 1.20 bits per heavy atom. The van der Waals surface area contributed by atoms with Crippen molar-refractivity contribution in [1.82, 2.24) is 20.6 Å². The van der Waals surface area contributed by atoms with Crippen LogP contribution in [0.15, 0.2) is 40.1 Å². The standard InChI is InChI=1S/C15H15ClN4O5/c16-9-3-1-8(2-4-9)5-17-14(24)11(7-21)19-12(22)10-6-18-15(25)20-13(10)23/h1-4,6,11,21H,5,7H2,(H,17,24)(H,19,22)(H2,18,20,23,25)/t11-/m0/s1. The molecule has 0 aliphatic heterocycles. The van der Waals surface area contributed by atoms with Gasteiger partial charge in [-0.15, -0.1) is 0 Å². The molecule has 1 atom stereocenters. The Labute approximate surface area is 146 Å². The molecule has 0 unspecified atom stereocenters. The second-order valence-corrected chi connectivity index (χ2v) is 5.47. The van der Waals surface area contributed by atoms with Crippen molar-refractivity contribution in [3.8, 4) is 0 Å². The van der Waals surface area contributed by atoms with Gasteiger partial charge in [-0.25, -0.2) is 4.79 Å². The van der Waals surface area contributed by atoms with Crippen LogP contribution in [0.2, 0.25) is 5.02 Å². The van der Waals surface area contributed by atoms with Gasteiger partial charge >= 0.3 is 5.69 Å². The van der Waals surface area contributed by atoms with Crippen LogP contribution in [0.5, 0.6) is 0 Å². The van der Waals surface area contributed by atoms with Crippen LogP contribution in [0.3, 0.4) is 0 Å². The highest BCUT2D eigenvalue weighted by Crippen LogP contribution is 2.09. The fourth-order valence-electron chi connectivity index (χ4n) is 1.92. The first-order valence-electron chi connectivity index (χ1n) is 7.16. The molecule has 10 heteroatoms. The number of hydrogen-bond donors (Lipinski definition) is 5. The molecule has 1 heterocycles. The summed E-state index contributed by atoms with van der Waals surface area (Å²) in [7, 11) is 0. The molecule has 0 bridgehead atoms. The second-order valence-electron chi connectivity index (χ2n) is 5.04. The van der Waals surface area contributed by atoms with E-state index in [0.29, 0.717) is 5.02 Å². The van der Waals surface area contributed by atoms with Gasteiger partial charge in [0.1, 0.15) is 11.6 Å². The average Bonchev–Trinajstić information content (AvgIpc) is 2.58. The highest BCUT2D eigenvalue weighted by Gasteiger charge is 2.22. The molecule has 0 aliphatic carbocycles. The fourth-order valence-corrected chi connectivity index (χ4v) is 2.05. The molecule has 1 aromatic heterocycles. The number of hydrogen-bond acceptors (Lipinski definition) is 5. The van der Waals surface area contributed by atoms with E-state index in [2.05, 4.69) is 15.6 Å². The quantitative estimate of drug-likeness (QED) is 0.451. The van der Waals surface area contributed by atoms with E-state index in [0.717, 1.165) is 11.8 Å². The Kier molecular flexibility index (Phi) is 6.09. The van der Waals surface area contributed by atoms with Crippen molar-refractivity contribution in [3.63, 3.8) is 0 Å². The van der Waals surface area contributed by atoms with Crippen LogP contribution in [0.4, 0.5) is 0 Å². The molecule has 9 nitrogen and oxygen atoms in total. The summed E-state index contributed by atoms with van der Waals surface area (Å²) in [6, 6.07) is 5.50. The summed E-state index contributed by atoms with van der Waals surface area (Å²) in [4.78, 5) is 50.6. The van der Waals surface area contributed by atoms with E-state index in [4.69, 9.17) is 11.6 Å². The van der Waals surface area contributed by atoms with Gasteiger partial charge in [0, 0.05) is 17.8 Å². The first-order chi connectivity index (χ1) is 11.9. The molecular weight excluding hydrogens is 352 g/mol. The van der Waals surface area contributed by atoms with E-state index in [1.54, 1.807) is 24.3 Å². The van der Waals surface area contributed by atoms with Gasteiger partial charge in [-0.3, -0.25) is 19.4 Å². The summed E-state index contributed by atoms with van der Waals surface area (Å²) in [6.07, 6.45) is 0.927. The fraction of sp³-hybridized carbons (Fsp3) is 0.200. The minimum absolute atomic E-state index is 0.168. The Balaban J connectivity index is 1.99. The summed E-state index contributed by atoms with van der Waals surface area (Å²) in [6.45, 7) is -0.499. The molecule has 0 spiro atoms. The van der Waals surface area contributed by atoms with Crippen LogP contribution >= 0.6 is 11.6 Å². The number of aromatic nitrogens is 2. The maximum atomic E-state index is 12.1. The van der Waals surface area contributed by atoms with Crippen LogP contribution in [0.1, 0.15) is 15.9 Å². The number of carbonyl (C=O) groups is 2. The maximum Gasteiger partial charge on any atom is 0.325 e. The molecule has 2 rings (SSSR count). The maximum absolute atomic E-state index is 12.1. The van der Waals surface area contributed by atoms with Gasteiger partial charge in [-0.05, 0) is 17.7 Å². The number of aliphatic hydroxyl groups excluding tert-OH is 1. The van der Waals surface area contributed by atoms with Gasteiger partial charge in [0.15, 0.2) is 0 Å². The lowest BCUT2D eigenvalue weighted by molar-refractivity contribution is -0.124. The molecule has 25 heavy (non-hydrogen) atoms. The molecule has 2 amide bonds. The van der Waals surface area contributed by atoms with Gasteiger partial charge in [0.25, 0.3) is 11.5 Å². The Hall–Kier alpha value is -2.91. The van der Waals surface area contributed by atoms with Crippen LogP contribution in [-0.2, 0) is 11.3 Å². The zero-order chi connectivity index (χ0) is 18.4. The van der Waals surface area contributed by atoms with E-state index >= 15 is 0 Å². The smallest absolute Gasteiger partial charge is 0.325 e. The number of nitrogens with one attached hydrogen (secondary N) is 4. The highest BCUT2D eigenvalue weighted by atomic mass is 35.5. The molecule has 0 aliphatic rings. The lowest BCUT2D eigenvalue weighted by Gasteiger charge is -2.16. The van der Waals surface area contributed by atoms with Gasteiger partial charge in [-0.2, -0.15) is 0 Å². The summed E-state index contributed by atoms with van der Waals surface area (Å²) in [5.74, 6) is -1.54. The average molecular weight is 367 g/mol. The lowest BCUT2D eigenvalue weighted by Crippen LogP contribution is -2.49. The Bertz CT molecular complexity index is 874. The van der Waals surface area contributed by atoms with Gasteiger partial charge in [0.2, 0.25) is 5.91 Å². The van der Waals surface area contributed by atoms with Crippen molar-refractivity contribution < 1.29 is 14.7 Å². The molecule has 0 fully saturated rings. The first-order valence-corrected chi connectivity index (χ1v) is 7.54. The zero-order valence-electron chi connectivity index (χ0n) is 12.8. The summed E-state index contributed by atoms with van der Waals surface area (Å²) in [5, 5.41) is 14.6. The molecule has 0 radical (unpaired) electrons. The lowest BCUT2D eigenvalue weighted by atomic mass is 10.2. The van der Waals surface area contributed by atoms with Crippen molar-refractivity contribution >= 4 is 23.4 Å². The molecule has 5 N–H and O–H groups in total. The zero-order valence-corrected chi connectivity index (χ0v) is 13.6. The summed E-state index contributed by atoms with van der Waals surface area (Å²) in [5.41, 5.74) is -1.28. The number of benzene rings is 1.